The number of aryl methyl sites for hydroxylation is 3. The van der Waals surface area contributed by atoms with Gasteiger partial charge in [-0.25, -0.2) is 4.79 Å². The van der Waals surface area contributed by atoms with Crippen molar-refractivity contribution in [3.05, 3.63) is 59.2 Å². The number of piperazine rings is 1. The number of nitrogens with one attached hydrogen (secondary N) is 1. The number of carbonyl (C=O) groups is 1. The molecule has 0 atom stereocenters. The molecular weight excluding hydrogens is 310 g/mol. The molecule has 1 aliphatic heterocycles. The number of rotatable bonds is 3. The van der Waals surface area contributed by atoms with Crippen molar-refractivity contribution in [2.24, 2.45) is 0 Å². The van der Waals surface area contributed by atoms with Crippen molar-refractivity contribution >= 4 is 17.4 Å². The maximum atomic E-state index is 12.6. The van der Waals surface area contributed by atoms with E-state index in [1.807, 2.05) is 23.1 Å². The van der Waals surface area contributed by atoms with E-state index in [1.165, 1.54) is 22.4 Å². The van der Waals surface area contributed by atoms with Crippen LogP contribution in [0.15, 0.2) is 42.5 Å². The molecule has 0 aliphatic carbocycles. The van der Waals surface area contributed by atoms with Gasteiger partial charge in [0.1, 0.15) is 0 Å². The van der Waals surface area contributed by atoms with Crippen LogP contribution in [0.1, 0.15) is 23.6 Å². The number of amides is 2. The zero-order chi connectivity index (χ0) is 17.8. The highest BCUT2D eigenvalue weighted by atomic mass is 16.2. The highest BCUT2D eigenvalue weighted by Crippen LogP contribution is 2.23. The smallest absolute Gasteiger partial charge is 0.321 e. The van der Waals surface area contributed by atoms with Gasteiger partial charge >= 0.3 is 6.03 Å². The Labute approximate surface area is 150 Å². The first-order chi connectivity index (χ1) is 12.1. The minimum absolute atomic E-state index is 0.00109. The SMILES string of the molecule is CCc1ccccc1NC(=O)N1CCN(c2ccc(C)cc2C)CC1. The Hall–Kier alpha value is -2.49. The second-order valence-corrected chi connectivity index (χ2v) is 6.70. The highest BCUT2D eigenvalue weighted by Gasteiger charge is 2.22. The lowest BCUT2D eigenvalue weighted by molar-refractivity contribution is 0.208. The molecule has 0 saturated carbocycles. The minimum Gasteiger partial charge on any atom is -0.368 e. The fourth-order valence-electron chi connectivity index (χ4n) is 3.46. The third-order valence-corrected chi connectivity index (χ3v) is 4.90. The lowest BCUT2D eigenvalue weighted by atomic mass is 10.1. The first-order valence-corrected chi connectivity index (χ1v) is 9.04. The van der Waals surface area contributed by atoms with Crippen molar-refractivity contribution < 1.29 is 4.79 Å². The van der Waals surface area contributed by atoms with Gasteiger partial charge in [-0.05, 0) is 43.5 Å². The molecule has 1 saturated heterocycles. The summed E-state index contributed by atoms with van der Waals surface area (Å²) in [4.78, 5) is 16.9. The molecule has 4 nitrogen and oxygen atoms in total. The van der Waals surface area contributed by atoms with Crippen LogP contribution < -0.4 is 10.2 Å². The largest absolute Gasteiger partial charge is 0.368 e. The summed E-state index contributed by atoms with van der Waals surface area (Å²) in [7, 11) is 0. The Balaban J connectivity index is 1.61. The van der Waals surface area contributed by atoms with E-state index in [0.717, 1.165) is 38.3 Å². The maximum Gasteiger partial charge on any atom is 0.321 e. The zero-order valence-corrected chi connectivity index (χ0v) is 15.4. The van der Waals surface area contributed by atoms with Gasteiger partial charge in [0.2, 0.25) is 0 Å². The minimum atomic E-state index is 0.00109. The summed E-state index contributed by atoms with van der Waals surface area (Å²) in [6, 6.07) is 14.6. The van der Waals surface area contributed by atoms with Crippen LogP contribution in [-0.4, -0.2) is 37.1 Å². The van der Waals surface area contributed by atoms with E-state index in [-0.39, 0.29) is 6.03 Å². The fourth-order valence-corrected chi connectivity index (χ4v) is 3.46. The Morgan fingerprint density at radius 1 is 1.04 bits per heavy atom. The molecule has 1 aliphatic rings. The average Bonchev–Trinajstić information content (AvgIpc) is 2.62. The molecule has 3 rings (SSSR count). The average molecular weight is 337 g/mol. The van der Waals surface area contributed by atoms with Gasteiger partial charge in [0.25, 0.3) is 0 Å². The number of para-hydroxylation sites is 1. The number of hydrogen-bond donors (Lipinski definition) is 1. The zero-order valence-electron chi connectivity index (χ0n) is 15.4. The number of nitrogens with zero attached hydrogens (tertiary/aromatic N) is 2. The number of hydrogen-bond acceptors (Lipinski definition) is 2. The van der Waals surface area contributed by atoms with E-state index in [0.29, 0.717) is 0 Å². The summed E-state index contributed by atoms with van der Waals surface area (Å²) in [6.07, 6.45) is 0.914. The molecule has 0 radical (unpaired) electrons. The van der Waals surface area contributed by atoms with Gasteiger partial charge in [-0.1, -0.05) is 42.8 Å². The summed E-state index contributed by atoms with van der Waals surface area (Å²) >= 11 is 0. The Morgan fingerprint density at radius 2 is 1.76 bits per heavy atom. The second-order valence-electron chi connectivity index (χ2n) is 6.70. The third-order valence-electron chi connectivity index (χ3n) is 4.90. The van der Waals surface area contributed by atoms with E-state index in [1.54, 1.807) is 0 Å². The standard InChI is InChI=1S/C21H27N3O/c1-4-18-7-5-6-8-19(18)22-21(25)24-13-11-23(12-14-24)20-10-9-16(2)15-17(20)3/h5-10,15H,4,11-14H2,1-3H3,(H,22,25). The van der Waals surface area contributed by atoms with Crippen molar-refractivity contribution in [3.63, 3.8) is 0 Å². The van der Waals surface area contributed by atoms with Gasteiger partial charge in [0.15, 0.2) is 0 Å². The van der Waals surface area contributed by atoms with E-state index < -0.39 is 0 Å². The molecule has 1 heterocycles. The predicted molar refractivity (Wildman–Crippen MR) is 105 cm³/mol. The van der Waals surface area contributed by atoms with Crippen molar-refractivity contribution in [2.45, 2.75) is 27.2 Å². The Morgan fingerprint density at radius 3 is 2.44 bits per heavy atom. The first-order valence-electron chi connectivity index (χ1n) is 9.04. The van der Waals surface area contributed by atoms with Crippen molar-refractivity contribution in [1.82, 2.24) is 4.90 Å². The van der Waals surface area contributed by atoms with Crippen LogP contribution in [-0.2, 0) is 6.42 Å². The molecule has 25 heavy (non-hydrogen) atoms. The van der Waals surface area contributed by atoms with Crippen molar-refractivity contribution in [2.75, 3.05) is 36.4 Å². The van der Waals surface area contributed by atoms with Crippen LogP contribution in [0.4, 0.5) is 16.2 Å². The van der Waals surface area contributed by atoms with Crippen LogP contribution in [0.3, 0.4) is 0 Å². The molecule has 2 aromatic rings. The summed E-state index contributed by atoms with van der Waals surface area (Å²) in [6.45, 7) is 9.60. The maximum absolute atomic E-state index is 12.6. The number of urea groups is 1. The molecule has 2 amide bonds. The summed E-state index contributed by atoms with van der Waals surface area (Å²) in [5.74, 6) is 0. The predicted octanol–water partition coefficient (Wildman–Crippen LogP) is 4.22. The monoisotopic (exact) mass is 337 g/mol. The summed E-state index contributed by atoms with van der Waals surface area (Å²) in [5.41, 5.74) is 5.96. The van der Waals surface area contributed by atoms with E-state index in [4.69, 9.17) is 0 Å². The fraction of sp³-hybridized carbons (Fsp3) is 0.381. The Kier molecular flexibility index (Phi) is 5.27. The number of carbonyl (C=O) groups excluding carboxylic acids is 1. The number of benzene rings is 2. The molecular formula is C21H27N3O. The van der Waals surface area contributed by atoms with E-state index in [2.05, 4.69) is 55.3 Å². The number of anilines is 2. The van der Waals surface area contributed by atoms with Crippen molar-refractivity contribution in [1.29, 1.82) is 0 Å². The Bertz CT molecular complexity index is 749. The normalized spacial score (nSPS) is 14.5. The quantitative estimate of drug-likeness (QED) is 0.910. The molecule has 0 aromatic heterocycles. The van der Waals surface area contributed by atoms with Crippen LogP contribution in [0.2, 0.25) is 0 Å². The second kappa shape index (κ2) is 7.60. The van der Waals surface area contributed by atoms with Gasteiger partial charge in [0.05, 0.1) is 0 Å². The van der Waals surface area contributed by atoms with Gasteiger partial charge in [-0.3, -0.25) is 0 Å². The molecule has 1 N–H and O–H groups in total. The van der Waals surface area contributed by atoms with E-state index in [9.17, 15) is 4.79 Å². The molecule has 0 spiro atoms. The van der Waals surface area contributed by atoms with Crippen LogP contribution in [0.25, 0.3) is 0 Å². The third kappa shape index (κ3) is 3.95. The molecule has 0 unspecified atom stereocenters. The van der Waals surface area contributed by atoms with Gasteiger partial charge < -0.3 is 15.1 Å². The van der Waals surface area contributed by atoms with Crippen LogP contribution >= 0.6 is 0 Å². The van der Waals surface area contributed by atoms with Crippen LogP contribution in [0.5, 0.6) is 0 Å². The molecule has 0 bridgehead atoms. The lowest BCUT2D eigenvalue weighted by Gasteiger charge is -2.37. The molecule has 132 valence electrons. The van der Waals surface area contributed by atoms with Gasteiger partial charge in [-0.15, -0.1) is 0 Å². The van der Waals surface area contributed by atoms with Gasteiger partial charge in [-0.2, -0.15) is 0 Å². The summed E-state index contributed by atoms with van der Waals surface area (Å²) in [5, 5.41) is 3.07. The van der Waals surface area contributed by atoms with E-state index >= 15 is 0 Å². The van der Waals surface area contributed by atoms with Gasteiger partial charge in [0, 0.05) is 37.6 Å². The summed E-state index contributed by atoms with van der Waals surface area (Å²) < 4.78 is 0. The van der Waals surface area contributed by atoms with Crippen molar-refractivity contribution in [3.8, 4) is 0 Å². The molecule has 2 aromatic carbocycles. The highest BCUT2D eigenvalue weighted by molar-refractivity contribution is 5.90. The molecule has 1 fully saturated rings. The molecule has 4 heteroatoms. The van der Waals surface area contributed by atoms with Crippen LogP contribution in [0, 0.1) is 13.8 Å². The first kappa shape index (κ1) is 17.3. The topological polar surface area (TPSA) is 35.6 Å². The lowest BCUT2D eigenvalue weighted by Crippen LogP contribution is -2.50.